The molecule has 0 unspecified atom stereocenters. The average Bonchev–Trinajstić information content (AvgIpc) is 2.78. The van der Waals surface area contributed by atoms with Crippen LogP contribution in [0.25, 0.3) is 10.9 Å². The van der Waals surface area contributed by atoms with Crippen LogP contribution in [0.1, 0.15) is 70.8 Å². The summed E-state index contributed by atoms with van der Waals surface area (Å²) >= 11 is 1.44. The average molecular weight is 414 g/mol. The van der Waals surface area contributed by atoms with Gasteiger partial charge in [0.05, 0.1) is 16.7 Å². The first-order valence-corrected chi connectivity index (χ1v) is 12.1. The van der Waals surface area contributed by atoms with Crippen LogP contribution >= 0.6 is 11.8 Å². The molecule has 1 aromatic heterocycles. The predicted molar refractivity (Wildman–Crippen MR) is 118 cm³/mol. The number of carbonyl (C=O) groups is 1. The van der Waals surface area contributed by atoms with Gasteiger partial charge in [0.1, 0.15) is 0 Å². The first kappa shape index (κ1) is 20.5. The lowest BCUT2D eigenvalue weighted by Crippen LogP contribution is -2.44. The van der Waals surface area contributed by atoms with Crippen molar-refractivity contribution in [3.8, 4) is 0 Å². The largest absolute Gasteiger partial charge is 0.339 e. The van der Waals surface area contributed by atoms with Gasteiger partial charge in [0.2, 0.25) is 5.91 Å². The Labute approximate surface area is 176 Å². The van der Waals surface area contributed by atoms with Gasteiger partial charge in [-0.2, -0.15) is 0 Å². The standard InChI is InChI=1S/C23H31N3O2S/c1-2-17-10-8-9-15-25(17)21(27)16-29-23-24-20-14-7-6-13-19(20)22(28)26(23)18-11-4-3-5-12-18/h6-7,13-14,17-18H,2-5,8-12,15-16H2,1H3/t17-/m1/s1. The number of hydrogen-bond donors (Lipinski definition) is 0. The molecular formula is C23H31N3O2S. The molecule has 1 amide bonds. The number of thioether (sulfide) groups is 1. The molecule has 1 saturated carbocycles. The van der Waals surface area contributed by atoms with E-state index in [2.05, 4.69) is 11.8 Å². The number of piperidine rings is 1. The van der Waals surface area contributed by atoms with Gasteiger partial charge in [-0.25, -0.2) is 4.98 Å². The first-order valence-electron chi connectivity index (χ1n) is 11.1. The SMILES string of the molecule is CC[C@@H]1CCCCN1C(=O)CSc1nc2ccccc2c(=O)n1C1CCCCC1. The molecule has 29 heavy (non-hydrogen) atoms. The second kappa shape index (κ2) is 9.33. The lowest BCUT2D eigenvalue weighted by Gasteiger charge is -2.35. The zero-order valence-electron chi connectivity index (χ0n) is 17.3. The van der Waals surface area contributed by atoms with Gasteiger partial charge in [-0.15, -0.1) is 0 Å². The molecule has 156 valence electrons. The van der Waals surface area contributed by atoms with Crippen molar-refractivity contribution < 1.29 is 4.79 Å². The van der Waals surface area contributed by atoms with E-state index >= 15 is 0 Å². The molecule has 2 aromatic rings. The van der Waals surface area contributed by atoms with Crippen LogP contribution in [0.5, 0.6) is 0 Å². The monoisotopic (exact) mass is 413 g/mol. The Kier molecular flexibility index (Phi) is 6.58. The molecule has 5 nitrogen and oxygen atoms in total. The molecule has 2 aliphatic rings. The lowest BCUT2D eigenvalue weighted by molar-refractivity contribution is -0.132. The van der Waals surface area contributed by atoms with Crippen LogP contribution in [-0.2, 0) is 4.79 Å². The molecule has 1 aromatic carbocycles. The number of amides is 1. The summed E-state index contributed by atoms with van der Waals surface area (Å²) in [6, 6.07) is 8.13. The lowest BCUT2D eigenvalue weighted by atomic mass is 9.95. The number of aromatic nitrogens is 2. The predicted octanol–water partition coefficient (Wildman–Crippen LogP) is 4.78. The van der Waals surface area contributed by atoms with Crippen LogP contribution in [-0.4, -0.2) is 38.7 Å². The molecule has 0 radical (unpaired) electrons. The molecule has 1 aliphatic heterocycles. The minimum Gasteiger partial charge on any atom is -0.339 e. The van der Waals surface area contributed by atoms with Gasteiger partial charge in [0.15, 0.2) is 5.16 Å². The summed E-state index contributed by atoms with van der Waals surface area (Å²) < 4.78 is 1.90. The Morgan fingerprint density at radius 1 is 1.10 bits per heavy atom. The number of para-hydroxylation sites is 1. The van der Waals surface area contributed by atoms with E-state index in [-0.39, 0.29) is 17.5 Å². The Hall–Kier alpha value is -1.82. The van der Waals surface area contributed by atoms with Crippen molar-refractivity contribution in [2.45, 2.75) is 82.0 Å². The number of benzene rings is 1. The number of rotatable bonds is 5. The third-order valence-corrected chi connectivity index (χ3v) is 7.40. The quantitative estimate of drug-likeness (QED) is 0.523. The Morgan fingerprint density at radius 2 is 1.86 bits per heavy atom. The minimum absolute atomic E-state index is 0.0434. The van der Waals surface area contributed by atoms with Gasteiger partial charge in [-0.3, -0.25) is 14.2 Å². The van der Waals surface area contributed by atoms with Crippen molar-refractivity contribution in [1.29, 1.82) is 0 Å². The van der Waals surface area contributed by atoms with Crippen molar-refractivity contribution >= 4 is 28.6 Å². The van der Waals surface area contributed by atoms with Crippen LogP contribution in [0.4, 0.5) is 0 Å². The Morgan fingerprint density at radius 3 is 2.66 bits per heavy atom. The highest BCUT2D eigenvalue weighted by atomic mass is 32.2. The minimum atomic E-state index is 0.0434. The molecule has 0 bridgehead atoms. The molecule has 1 atom stereocenters. The highest BCUT2D eigenvalue weighted by molar-refractivity contribution is 7.99. The first-order chi connectivity index (χ1) is 14.2. The third kappa shape index (κ3) is 4.37. The molecule has 0 spiro atoms. The number of hydrogen-bond acceptors (Lipinski definition) is 4. The number of carbonyl (C=O) groups excluding carboxylic acids is 1. The maximum absolute atomic E-state index is 13.3. The molecule has 4 rings (SSSR count). The van der Waals surface area contributed by atoms with Crippen molar-refractivity contribution in [2.75, 3.05) is 12.3 Å². The van der Waals surface area contributed by atoms with Gasteiger partial charge in [-0.1, -0.05) is 50.1 Å². The molecule has 6 heteroatoms. The van der Waals surface area contributed by atoms with Gasteiger partial charge in [-0.05, 0) is 50.7 Å². The van der Waals surface area contributed by atoms with Crippen molar-refractivity contribution in [3.63, 3.8) is 0 Å². The van der Waals surface area contributed by atoms with Gasteiger partial charge >= 0.3 is 0 Å². The van der Waals surface area contributed by atoms with Gasteiger partial charge < -0.3 is 4.90 Å². The van der Waals surface area contributed by atoms with Crippen LogP contribution in [0.15, 0.2) is 34.2 Å². The van der Waals surface area contributed by atoms with Crippen LogP contribution in [0.2, 0.25) is 0 Å². The maximum Gasteiger partial charge on any atom is 0.262 e. The van der Waals surface area contributed by atoms with E-state index in [0.717, 1.165) is 57.0 Å². The number of likely N-dealkylation sites (tertiary alicyclic amines) is 1. The smallest absolute Gasteiger partial charge is 0.262 e. The van der Waals surface area contributed by atoms with E-state index in [4.69, 9.17) is 4.98 Å². The number of fused-ring (bicyclic) bond motifs is 1. The normalized spacial score (nSPS) is 20.9. The van der Waals surface area contributed by atoms with Crippen molar-refractivity contribution in [3.05, 3.63) is 34.6 Å². The molecular weight excluding hydrogens is 382 g/mol. The van der Waals surface area contributed by atoms with Gasteiger partial charge in [0, 0.05) is 18.6 Å². The second-order valence-corrected chi connectivity index (χ2v) is 9.25. The fourth-order valence-corrected chi connectivity index (χ4v) is 5.80. The summed E-state index contributed by atoms with van der Waals surface area (Å²) in [4.78, 5) is 33.2. The van der Waals surface area contributed by atoms with Crippen LogP contribution in [0, 0.1) is 0 Å². The zero-order chi connectivity index (χ0) is 20.2. The second-order valence-electron chi connectivity index (χ2n) is 8.31. The van der Waals surface area contributed by atoms with Crippen molar-refractivity contribution in [2.24, 2.45) is 0 Å². The van der Waals surface area contributed by atoms with Crippen LogP contribution < -0.4 is 5.56 Å². The van der Waals surface area contributed by atoms with E-state index in [1.54, 1.807) is 0 Å². The van der Waals surface area contributed by atoms with Crippen LogP contribution in [0.3, 0.4) is 0 Å². The number of nitrogens with zero attached hydrogens (tertiary/aromatic N) is 3. The molecule has 1 aliphatic carbocycles. The van der Waals surface area contributed by atoms with Gasteiger partial charge in [0.25, 0.3) is 5.56 Å². The molecule has 1 saturated heterocycles. The highest BCUT2D eigenvalue weighted by Crippen LogP contribution is 2.31. The molecule has 0 N–H and O–H groups in total. The van der Waals surface area contributed by atoms with E-state index in [9.17, 15) is 9.59 Å². The summed E-state index contributed by atoms with van der Waals surface area (Å²) in [5.41, 5.74) is 0.769. The van der Waals surface area contributed by atoms with E-state index in [0.29, 0.717) is 22.3 Å². The Balaban J connectivity index is 1.61. The summed E-state index contributed by atoms with van der Waals surface area (Å²) in [5, 5.41) is 1.38. The van der Waals surface area contributed by atoms with E-state index in [1.807, 2.05) is 28.8 Å². The highest BCUT2D eigenvalue weighted by Gasteiger charge is 2.27. The molecule has 2 heterocycles. The zero-order valence-corrected chi connectivity index (χ0v) is 18.1. The topological polar surface area (TPSA) is 55.2 Å². The maximum atomic E-state index is 13.3. The van der Waals surface area contributed by atoms with E-state index in [1.165, 1.54) is 24.6 Å². The van der Waals surface area contributed by atoms with Crippen molar-refractivity contribution in [1.82, 2.24) is 14.5 Å². The fourth-order valence-electron chi connectivity index (χ4n) is 4.85. The summed E-state index contributed by atoms with van der Waals surface area (Å²) in [7, 11) is 0. The summed E-state index contributed by atoms with van der Waals surface area (Å²) in [6.45, 7) is 3.02. The van der Waals surface area contributed by atoms with E-state index < -0.39 is 0 Å². The molecule has 2 fully saturated rings. The summed E-state index contributed by atoms with van der Waals surface area (Å²) in [5.74, 6) is 0.535. The third-order valence-electron chi connectivity index (χ3n) is 6.46. The Bertz CT molecular complexity index is 920. The fraction of sp³-hybridized carbons (Fsp3) is 0.609. The summed E-state index contributed by atoms with van der Waals surface area (Å²) in [6.07, 6.45) is 10.00.